The Kier molecular flexibility index (Phi) is 4.31. The Morgan fingerprint density at radius 3 is 2.67 bits per heavy atom. The maximum atomic E-state index is 12.3. The van der Waals surface area contributed by atoms with E-state index in [1.54, 1.807) is 6.92 Å². The molecule has 1 aromatic heterocycles. The van der Waals surface area contributed by atoms with Crippen LogP contribution in [0.25, 0.3) is 0 Å². The number of phenolic OH excluding ortho intramolecular Hbond substituents is 1. The van der Waals surface area contributed by atoms with E-state index < -0.39 is 28.5 Å². The van der Waals surface area contributed by atoms with E-state index in [2.05, 4.69) is 14.8 Å². The number of anilines is 1. The van der Waals surface area contributed by atoms with Crippen LogP contribution in [-0.4, -0.2) is 32.3 Å². The third kappa shape index (κ3) is 3.91. The lowest BCUT2D eigenvalue weighted by Gasteiger charge is -2.10. The van der Waals surface area contributed by atoms with Gasteiger partial charge in [-0.05, 0) is 13.0 Å². The van der Waals surface area contributed by atoms with E-state index in [1.165, 1.54) is 6.20 Å². The zero-order valence-electron chi connectivity index (χ0n) is 12.0. The van der Waals surface area contributed by atoms with Gasteiger partial charge in [-0.1, -0.05) is 0 Å². The van der Waals surface area contributed by atoms with Crippen LogP contribution in [0.1, 0.15) is 11.3 Å². The van der Waals surface area contributed by atoms with E-state index in [1.807, 2.05) is 0 Å². The van der Waals surface area contributed by atoms with Gasteiger partial charge < -0.3 is 15.6 Å². The Labute approximate surface area is 131 Å². The standard InChI is InChI=1S/C12H10F3N5O4/c1-6-5-19(11(16)18-6)17-4-7-2-8(24-12(13,14)15)3-9(10(7)21)20(22)23/h2-5,21H,1H3,(H2,16,18). The fourth-order valence-electron chi connectivity index (χ4n) is 1.77. The summed E-state index contributed by atoms with van der Waals surface area (Å²) in [6, 6.07) is 1.20. The lowest BCUT2D eigenvalue weighted by atomic mass is 10.1. The number of imidazole rings is 1. The molecule has 0 radical (unpaired) electrons. The van der Waals surface area contributed by atoms with E-state index in [0.717, 1.165) is 17.0 Å². The molecule has 0 aliphatic heterocycles. The van der Waals surface area contributed by atoms with E-state index >= 15 is 0 Å². The zero-order valence-corrected chi connectivity index (χ0v) is 12.0. The monoisotopic (exact) mass is 345 g/mol. The first kappa shape index (κ1) is 17.1. The molecule has 0 atom stereocenters. The van der Waals surface area contributed by atoms with Gasteiger partial charge in [-0.25, -0.2) is 9.66 Å². The summed E-state index contributed by atoms with van der Waals surface area (Å²) < 4.78 is 41.6. The van der Waals surface area contributed by atoms with Gasteiger partial charge in [0.1, 0.15) is 5.75 Å². The van der Waals surface area contributed by atoms with Crippen LogP contribution in [0, 0.1) is 17.0 Å². The smallest absolute Gasteiger partial charge is 0.502 e. The third-order valence-electron chi connectivity index (χ3n) is 2.68. The molecule has 2 rings (SSSR count). The number of halogens is 3. The largest absolute Gasteiger partial charge is 0.573 e. The molecule has 0 spiro atoms. The molecule has 0 fully saturated rings. The number of nitro groups is 1. The van der Waals surface area contributed by atoms with Gasteiger partial charge in [0, 0.05) is 5.56 Å². The number of aromatic nitrogens is 2. The number of aryl methyl sites for hydroxylation is 1. The number of benzene rings is 1. The van der Waals surface area contributed by atoms with Gasteiger partial charge in [0.05, 0.1) is 29.1 Å². The SMILES string of the molecule is Cc1cn(N=Cc2cc(OC(F)(F)F)cc([N+](=O)[O-])c2O)c(N)n1. The first-order chi connectivity index (χ1) is 11.1. The number of hydrogen-bond acceptors (Lipinski definition) is 7. The molecular weight excluding hydrogens is 335 g/mol. The highest BCUT2D eigenvalue weighted by Crippen LogP contribution is 2.35. The summed E-state index contributed by atoms with van der Waals surface area (Å²) in [5.41, 5.74) is 4.72. The minimum absolute atomic E-state index is 0.0135. The second kappa shape index (κ2) is 6.06. The van der Waals surface area contributed by atoms with Crippen molar-refractivity contribution in [2.45, 2.75) is 13.3 Å². The predicted octanol–water partition coefficient (Wildman–Crippen LogP) is 2.17. The number of aromatic hydroxyl groups is 1. The highest BCUT2D eigenvalue weighted by atomic mass is 19.4. The van der Waals surface area contributed by atoms with E-state index in [9.17, 15) is 28.4 Å². The van der Waals surface area contributed by atoms with Crippen LogP contribution in [-0.2, 0) is 0 Å². The normalized spacial score (nSPS) is 11.8. The average molecular weight is 345 g/mol. The molecule has 1 aromatic carbocycles. The molecular formula is C12H10F3N5O4. The quantitative estimate of drug-likeness (QED) is 0.496. The van der Waals surface area contributed by atoms with Gasteiger partial charge in [0.2, 0.25) is 11.7 Å². The molecule has 9 nitrogen and oxygen atoms in total. The van der Waals surface area contributed by atoms with Gasteiger partial charge in [-0.2, -0.15) is 5.10 Å². The highest BCUT2D eigenvalue weighted by Gasteiger charge is 2.32. The van der Waals surface area contributed by atoms with Crippen LogP contribution in [0.4, 0.5) is 24.8 Å². The number of nitrogens with zero attached hydrogens (tertiary/aromatic N) is 4. The van der Waals surface area contributed by atoms with Crippen molar-refractivity contribution in [3.05, 3.63) is 39.7 Å². The molecule has 0 bridgehead atoms. The first-order valence-corrected chi connectivity index (χ1v) is 6.20. The van der Waals surface area contributed by atoms with Crippen LogP contribution in [0.3, 0.4) is 0 Å². The summed E-state index contributed by atoms with van der Waals surface area (Å²) in [5, 5.41) is 24.4. The minimum Gasteiger partial charge on any atom is -0.502 e. The maximum Gasteiger partial charge on any atom is 0.573 e. The number of nitrogen functional groups attached to an aromatic ring is 1. The molecule has 0 unspecified atom stereocenters. The lowest BCUT2D eigenvalue weighted by Crippen LogP contribution is -2.17. The van der Waals surface area contributed by atoms with Crippen LogP contribution in [0.5, 0.6) is 11.5 Å². The number of alkyl halides is 3. The molecule has 3 N–H and O–H groups in total. The number of hydrogen-bond donors (Lipinski definition) is 2. The molecule has 0 saturated heterocycles. The predicted molar refractivity (Wildman–Crippen MR) is 75.8 cm³/mol. The maximum absolute atomic E-state index is 12.3. The van der Waals surface area contributed by atoms with Crippen LogP contribution in [0.15, 0.2) is 23.4 Å². The molecule has 128 valence electrons. The molecule has 0 saturated carbocycles. The molecule has 12 heteroatoms. The van der Waals surface area contributed by atoms with Crippen molar-refractivity contribution in [2.24, 2.45) is 5.10 Å². The number of nitro benzene ring substituents is 1. The third-order valence-corrected chi connectivity index (χ3v) is 2.68. The molecule has 0 aliphatic rings. The fraction of sp³-hybridized carbons (Fsp3) is 0.167. The summed E-state index contributed by atoms with van der Waals surface area (Å²) in [4.78, 5) is 13.6. The summed E-state index contributed by atoms with van der Waals surface area (Å²) >= 11 is 0. The topological polar surface area (TPSA) is 129 Å². The number of ether oxygens (including phenoxy) is 1. The van der Waals surface area contributed by atoms with E-state index in [0.29, 0.717) is 11.8 Å². The molecule has 2 aromatic rings. The van der Waals surface area contributed by atoms with E-state index in [4.69, 9.17) is 5.73 Å². The minimum atomic E-state index is -5.05. The molecule has 1 heterocycles. The highest BCUT2D eigenvalue weighted by molar-refractivity contribution is 5.86. The lowest BCUT2D eigenvalue weighted by molar-refractivity contribution is -0.386. The Hall–Kier alpha value is -3.31. The van der Waals surface area contributed by atoms with E-state index in [-0.39, 0.29) is 11.5 Å². The van der Waals surface area contributed by atoms with Gasteiger partial charge in [-0.15, -0.1) is 13.2 Å². The molecule has 0 amide bonds. The van der Waals surface area contributed by atoms with Crippen molar-refractivity contribution in [1.29, 1.82) is 0 Å². The second-order valence-corrected chi connectivity index (χ2v) is 4.51. The molecule has 24 heavy (non-hydrogen) atoms. The van der Waals surface area contributed by atoms with Crippen LogP contribution < -0.4 is 10.5 Å². The van der Waals surface area contributed by atoms with Crippen molar-refractivity contribution in [3.8, 4) is 11.5 Å². The summed E-state index contributed by atoms with van der Waals surface area (Å²) in [6.45, 7) is 1.63. The Morgan fingerprint density at radius 2 is 2.17 bits per heavy atom. The molecule has 0 aliphatic carbocycles. The van der Waals surface area contributed by atoms with Gasteiger partial charge >= 0.3 is 12.0 Å². The van der Waals surface area contributed by atoms with Gasteiger partial charge in [0.25, 0.3) is 0 Å². The van der Waals surface area contributed by atoms with Crippen molar-refractivity contribution < 1.29 is 27.9 Å². The summed E-state index contributed by atoms with van der Waals surface area (Å²) in [7, 11) is 0. The zero-order chi connectivity index (χ0) is 18.1. The average Bonchev–Trinajstić information content (AvgIpc) is 2.75. The van der Waals surface area contributed by atoms with Crippen molar-refractivity contribution >= 4 is 17.9 Å². The van der Waals surface area contributed by atoms with Crippen molar-refractivity contribution in [2.75, 3.05) is 5.73 Å². The van der Waals surface area contributed by atoms with Crippen LogP contribution in [0.2, 0.25) is 0 Å². The Morgan fingerprint density at radius 1 is 1.50 bits per heavy atom. The van der Waals surface area contributed by atoms with Gasteiger partial charge in [0.15, 0.2) is 0 Å². The summed E-state index contributed by atoms with van der Waals surface area (Å²) in [6.07, 6.45) is -2.75. The second-order valence-electron chi connectivity index (χ2n) is 4.51. The number of nitrogens with two attached hydrogens (primary N) is 1. The summed E-state index contributed by atoms with van der Waals surface area (Å²) in [5.74, 6) is -1.75. The first-order valence-electron chi connectivity index (χ1n) is 6.20. The Bertz CT molecular complexity index is 816. The Balaban J connectivity index is 2.47. The van der Waals surface area contributed by atoms with Crippen LogP contribution >= 0.6 is 0 Å². The van der Waals surface area contributed by atoms with Gasteiger partial charge in [-0.3, -0.25) is 10.1 Å². The van der Waals surface area contributed by atoms with Crippen molar-refractivity contribution in [3.63, 3.8) is 0 Å². The number of rotatable bonds is 4. The number of phenols is 1. The fourth-order valence-corrected chi connectivity index (χ4v) is 1.77. The van der Waals surface area contributed by atoms with Crippen molar-refractivity contribution in [1.82, 2.24) is 9.66 Å².